The third-order valence-electron chi connectivity index (χ3n) is 4.69. The number of anilines is 1. The van der Waals surface area contributed by atoms with Crippen LogP contribution in [0.3, 0.4) is 0 Å². The topological polar surface area (TPSA) is 110 Å². The minimum atomic E-state index is -3.78. The molecule has 0 atom stereocenters. The molecule has 0 unspecified atom stereocenters. The van der Waals surface area contributed by atoms with Gasteiger partial charge in [0.15, 0.2) is 0 Å². The van der Waals surface area contributed by atoms with Gasteiger partial charge in [0.1, 0.15) is 5.82 Å². The van der Waals surface area contributed by atoms with Crippen molar-refractivity contribution in [3.8, 4) is 0 Å². The second-order valence-corrected chi connectivity index (χ2v) is 8.19. The van der Waals surface area contributed by atoms with E-state index >= 15 is 0 Å². The van der Waals surface area contributed by atoms with Gasteiger partial charge in [-0.2, -0.15) is 0 Å². The van der Waals surface area contributed by atoms with E-state index in [1.54, 1.807) is 4.90 Å². The van der Waals surface area contributed by atoms with Gasteiger partial charge in [-0.15, -0.1) is 0 Å². The quantitative estimate of drug-likeness (QED) is 0.810. The fourth-order valence-corrected chi connectivity index (χ4v) is 3.61. The van der Waals surface area contributed by atoms with E-state index in [9.17, 15) is 22.4 Å². The van der Waals surface area contributed by atoms with E-state index < -0.39 is 15.8 Å². The van der Waals surface area contributed by atoms with Crippen LogP contribution in [0, 0.1) is 11.7 Å². The summed E-state index contributed by atoms with van der Waals surface area (Å²) in [5.74, 6) is -1.02. The van der Waals surface area contributed by atoms with E-state index in [2.05, 4.69) is 5.32 Å². The number of hydrogen-bond donors (Lipinski definition) is 2. The summed E-state index contributed by atoms with van der Waals surface area (Å²) in [7, 11) is -3.78. The number of piperidine rings is 1. The number of likely N-dealkylation sites (tertiary alicyclic amines) is 1. The fraction of sp³-hybridized carbons (Fsp3) is 0.263. The Labute approximate surface area is 162 Å². The van der Waals surface area contributed by atoms with Gasteiger partial charge in [0.05, 0.1) is 4.90 Å². The Balaban J connectivity index is 1.55. The smallest absolute Gasteiger partial charge is 0.253 e. The van der Waals surface area contributed by atoms with Crippen molar-refractivity contribution in [2.24, 2.45) is 11.1 Å². The molecule has 7 nitrogen and oxygen atoms in total. The number of carbonyl (C=O) groups excluding carboxylic acids is 2. The van der Waals surface area contributed by atoms with Crippen LogP contribution in [0.2, 0.25) is 0 Å². The maximum atomic E-state index is 13.0. The number of sulfonamides is 1. The van der Waals surface area contributed by atoms with Gasteiger partial charge in [-0.05, 0) is 61.4 Å². The monoisotopic (exact) mass is 405 g/mol. The standard InChI is InChI=1S/C19H20FN3O4S/c20-15-3-1-14(2-4-15)19(25)23-11-9-13(10-12-23)18(24)22-16-5-7-17(8-6-16)28(21,26)27/h1-8,13H,9-12H2,(H,22,24)(H2,21,26,27). The first kappa shape index (κ1) is 20.0. The van der Waals surface area contributed by atoms with Gasteiger partial charge in [0, 0.05) is 30.3 Å². The third-order valence-corrected chi connectivity index (χ3v) is 5.62. The Morgan fingerprint density at radius 2 is 1.57 bits per heavy atom. The van der Waals surface area contributed by atoms with Gasteiger partial charge in [-0.1, -0.05) is 0 Å². The highest BCUT2D eigenvalue weighted by molar-refractivity contribution is 7.89. The van der Waals surface area contributed by atoms with Crippen molar-refractivity contribution in [3.63, 3.8) is 0 Å². The predicted octanol–water partition coefficient (Wildman–Crippen LogP) is 1.96. The number of rotatable bonds is 4. The molecule has 0 aliphatic carbocycles. The molecule has 0 saturated carbocycles. The summed E-state index contributed by atoms with van der Waals surface area (Å²) < 4.78 is 35.5. The molecule has 0 aromatic heterocycles. The van der Waals surface area contributed by atoms with E-state index in [-0.39, 0.29) is 22.6 Å². The van der Waals surface area contributed by atoms with Gasteiger partial charge in [-0.25, -0.2) is 17.9 Å². The van der Waals surface area contributed by atoms with Crippen LogP contribution in [0.5, 0.6) is 0 Å². The molecule has 3 rings (SSSR count). The van der Waals surface area contributed by atoms with Gasteiger partial charge >= 0.3 is 0 Å². The summed E-state index contributed by atoms with van der Waals surface area (Å²) in [6, 6.07) is 11.0. The second kappa shape index (κ2) is 8.07. The molecule has 0 bridgehead atoms. The van der Waals surface area contributed by atoms with Crippen LogP contribution in [0.1, 0.15) is 23.2 Å². The number of amides is 2. The van der Waals surface area contributed by atoms with Crippen molar-refractivity contribution >= 4 is 27.5 Å². The predicted molar refractivity (Wildman–Crippen MR) is 101 cm³/mol. The Bertz CT molecular complexity index is 967. The van der Waals surface area contributed by atoms with Crippen molar-refractivity contribution in [2.45, 2.75) is 17.7 Å². The van der Waals surface area contributed by atoms with E-state index in [1.807, 2.05) is 0 Å². The minimum absolute atomic E-state index is 0.0295. The summed E-state index contributed by atoms with van der Waals surface area (Å²) in [4.78, 5) is 26.5. The van der Waals surface area contributed by atoms with Crippen LogP contribution in [-0.4, -0.2) is 38.2 Å². The van der Waals surface area contributed by atoms with Crippen LogP contribution >= 0.6 is 0 Å². The Morgan fingerprint density at radius 3 is 2.11 bits per heavy atom. The zero-order valence-corrected chi connectivity index (χ0v) is 15.8. The molecule has 1 aliphatic heterocycles. The second-order valence-electron chi connectivity index (χ2n) is 6.63. The molecule has 1 saturated heterocycles. The first-order valence-electron chi connectivity index (χ1n) is 8.72. The Kier molecular flexibility index (Phi) is 5.76. The Hall–Kier alpha value is -2.78. The largest absolute Gasteiger partial charge is 0.339 e. The van der Waals surface area contributed by atoms with Crippen molar-refractivity contribution in [3.05, 3.63) is 59.9 Å². The molecule has 2 amide bonds. The molecule has 9 heteroatoms. The highest BCUT2D eigenvalue weighted by Gasteiger charge is 2.28. The van der Waals surface area contributed by atoms with Crippen molar-refractivity contribution < 1.29 is 22.4 Å². The zero-order valence-electron chi connectivity index (χ0n) is 15.0. The van der Waals surface area contributed by atoms with Crippen LogP contribution in [0.15, 0.2) is 53.4 Å². The van der Waals surface area contributed by atoms with E-state index in [4.69, 9.17) is 5.14 Å². The molecule has 2 aromatic rings. The first-order valence-corrected chi connectivity index (χ1v) is 10.3. The molecule has 2 aromatic carbocycles. The van der Waals surface area contributed by atoms with E-state index in [1.165, 1.54) is 48.5 Å². The lowest BCUT2D eigenvalue weighted by molar-refractivity contribution is -0.121. The average molecular weight is 405 g/mol. The minimum Gasteiger partial charge on any atom is -0.339 e. The maximum absolute atomic E-state index is 13.0. The molecule has 3 N–H and O–H groups in total. The summed E-state index contributed by atoms with van der Waals surface area (Å²) in [5.41, 5.74) is 0.890. The highest BCUT2D eigenvalue weighted by Crippen LogP contribution is 2.22. The normalized spacial score (nSPS) is 15.3. The Morgan fingerprint density at radius 1 is 1.00 bits per heavy atom. The fourth-order valence-electron chi connectivity index (χ4n) is 3.09. The molecule has 0 spiro atoms. The van der Waals surface area contributed by atoms with E-state index in [0.29, 0.717) is 37.2 Å². The van der Waals surface area contributed by atoms with E-state index in [0.717, 1.165) is 0 Å². The van der Waals surface area contributed by atoms with Crippen LogP contribution in [-0.2, 0) is 14.8 Å². The first-order chi connectivity index (χ1) is 13.2. The van der Waals surface area contributed by atoms with Crippen LogP contribution in [0.4, 0.5) is 10.1 Å². The number of carbonyl (C=O) groups is 2. The molecule has 28 heavy (non-hydrogen) atoms. The van der Waals surface area contributed by atoms with Crippen molar-refractivity contribution in [1.82, 2.24) is 4.90 Å². The highest BCUT2D eigenvalue weighted by atomic mass is 32.2. The molecule has 1 aliphatic rings. The molecular weight excluding hydrogens is 385 g/mol. The number of nitrogens with one attached hydrogen (secondary N) is 1. The summed E-state index contributed by atoms with van der Waals surface area (Å²) in [5, 5.41) is 7.80. The van der Waals surface area contributed by atoms with Crippen molar-refractivity contribution in [1.29, 1.82) is 0 Å². The van der Waals surface area contributed by atoms with Crippen LogP contribution in [0.25, 0.3) is 0 Å². The van der Waals surface area contributed by atoms with Gasteiger partial charge < -0.3 is 10.2 Å². The third kappa shape index (κ3) is 4.73. The number of nitrogens with two attached hydrogens (primary N) is 1. The molecule has 1 fully saturated rings. The van der Waals surface area contributed by atoms with Gasteiger partial charge in [0.2, 0.25) is 15.9 Å². The van der Waals surface area contributed by atoms with Crippen LogP contribution < -0.4 is 10.5 Å². The summed E-state index contributed by atoms with van der Waals surface area (Å²) in [6.45, 7) is 0.858. The lowest BCUT2D eigenvalue weighted by Crippen LogP contribution is -2.41. The number of nitrogens with zero attached hydrogens (tertiary/aromatic N) is 1. The number of benzene rings is 2. The van der Waals surface area contributed by atoms with Gasteiger partial charge in [-0.3, -0.25) is 9.59 Å². The zero-order chi connectivity index (χ0) is 20.3. The lowest BCUT2D eigenvalue weighted by Gasteiger charge is -2.31. The average Bonchev–Trinajstić information content (AvgIpc) is 2.68. The molecule has 1 heterocycles. The SMILES string of the molecule is NS(=O)(=O)c1ccc(NC(=O)C2CCN(C(=O)c3ccc(F)cc3)CC2)cc1. The number of halogens is 1. The number of hydrogen-bond acceptors (Lipinski definition) is 4. The molecular formula is C19H20FN3O4S. The van der Waals surface area contributed by atoms with Crippen molar-refractivity contribution in [2.75, 3.05) is 18.4 Å². The summed E-state index contributed by atoms with van der Waals surface area (Å²) >= 11 is 0. The summed E-state index contributed by atoms with van der Waals surface area (Å²) in [6.07, 6.45) is 1.02. The van der Waals surface area contributed by atoms with Gasteiger partial charge in [0.25, 0.3) is 5.91 Å². The molecule has 0 radical (unpaired) electrons. The number of primary sulfonamides is 1. The molecule has 148 valence electrons. The maximum Gasteiger partial charge on any atom is 0.253 e. The lowest BCUT2D eigenvalue weighted by atomic mass is 9.95.